The number of nitrogens with zero attached hydrogens (tertiary/aromatic N) is 5. The van der Waals surface area contributed by atoms with Gasteiger partial charge in [0, 0.05) is 41.5 Å². The number of anilines is 1. The molecule has 6 nitrogen and oxygen atoms in total. The highest BCUT2D eigenvalue weighted by Crippen LogP contribution is 2.38. The molecule has 130 valence electrons. The molecule has 1 unspecified atom stereocenters. The zero-order chi connectivity index (χ0) is 17.5. The minimum absolute atomic E-state index is 0.311. The summed E-state index contributed by atoms with van der Waals surface area (Å²) in [5.41, 5.74) is 3.62. The first-order chi connectivity index (χ1) is 12.8. The second-order valence-electron chi connectivity index (χ2n) is 6.27. The maximum atomic E-state index is 6.12. The lowest BCUT2D eigenvalue weighted by molar-refractivity contribution is 0.710. The van der Waals surface area contributed by atoms with Crippen LogP contribution in [0.4, 0.5) is 5.69 Å². The first-order valence-corrected chi connectivity index (χ1v) is 9.67. The summed E-state index contributed by atoms with van der Waals surface area (Å²) in [7, 11) is 0. The van der Waals surface area contributed by atoms with Gasteiger partial charge in [-0.25, -0.2) is 9.97 Å². The second-order valence-corrected chi connectivity index (χ2v) is 7.64. The lowest BCUT2D eigenvalue weighted by Gasteiger charge is -2.25. The van der Waals surface area contributed by atoms with Crippen molar-refractivity contribution in [1.29, 1.82) is 0 Å². The Balaban J connectivity index is 1.55. The van der Waals surface area contributed by atoms with Gasteiger partial charge in [-0.15, -0.1) is 11.3 Å². The number of halogens is 1. The molecule has 26 heavy (non-hydrogen) atoms. The summed E-state index contributed by atoms with van der Waals surface area (Å²) in [6.07, 6.45) is 9.50. The van der Waals surface area contributed by atoms with Gasteiger partial charge >= 0.3 is 0 Å². The van der Waals surface area contributed by atoms with Gasteiger partial charge in [-0.2, -0.15) is 10.2 Å². The van der Waals surface area contributed by atoms with Gasteiger partial charge in [-0.05, 0) is 25.0 Å². The molecule has 4 aromatic heterocycles. The van der Waals surface area contributed by atoms with Crippen molar-refractivity contribution in [2.45, 2.75) is 18.9 Å². The molecular weight excluding hydrogens is 368 g/mol. The molecule has 0 saturated carbocycles. The van der Waals surface area contributed by atoms with E-state index in [-0.39, 0.29) is 0 Å². The maximum absolute atomic E-state index is 6.12. The molecular formula is C18H15ClN6S. The molecule has 5 rings (SSSR count). The third kappa shape index (κ3) is 2.64. The molecule has 1 fully saturated rings. The van der Waals surface area contributed by atoms with E-state index in [4.69, 9.17) is 11.6 Å². The first-order valence-electron chi connectivity index (χ1n) is 8.41. The van der Waals surface area contributed by atoms with E-state index in [0.717, 1.165) is 52.4 Å². The van der Waals surface area contributed by atoms with Gasteiger partial charge in [0.1, 0.15) is 10.7 Å². The van der Waals surface area contributed by atoms with Crippen LogP contribution < -0.4 is 4.90 Å². The van der Waals surface area contributed by atoms with Crippen LogP contribution in [-0.2, 0) is 0 Å². The summed E-state index contributed by atoms with van der Waals surface area (Å²) in [5.74, 6) is 0. The van der Waals surface area contributed by atoms with Crippen molar-refractivity contribution in [1.82, 2.24) is 25.1 Å². The monoisotopic (exact) mass is 382 g/mol. The van der Waals surface area contributed by atoms with Crippen LogP contribution in [0.5, 0.6) is 0 Å². The molecule has 1 aliphatic rings. The quantitative estimate of drug-likeness (QED) is 0.566. The molecule has 1 atom stereocenters. The van der Waals surface area contributed by atoms with E-state index >= 15 is 0 Å². The largest absolute Gasteiger partial charge is 0.361 e. The molecule has 1 N–H and O–H groups in total. The van der Waals surface area contributed by atoms with E-state index in [1.807, 2.05) is 30.0 Å². The van der Waals surface area contributed by atoms with Crippen LogP contribution in [0.25, 0.3) is 22.3 Å². The number of aromatic amines is 1. The molecule has 0 aliphatic carbocycles. The Kier molecular flexibility index (Phi) is 3.83. The van der Waals surface area contributed by atoms with E-state index < -0.39 is 0 Å². The van der Waals surface area contributed by atoms with Gasteiger partial charge in [0.05, 0.1) is 28.6 Å². The van der Waals surface area contributed by atoms with Crippen LogP contribution in [-0.4, -0.2) is 31.7 Å². The van der Waals surface area contributed by atoms with Crippen molar-refractivity contribution >= 4 is 39.7 Å². The molecule has 1 saturated heterocycles. The van der Waals surface area contributed by atoms with Gasteiger partial charge in [-0.3, -0.25) is 0 Å². The Morgan fingerprint density at radius 3 is 3.08 bits per heavy atom. The Morgan fingerprint density at radius 1 is 1.23 bits per heavy atom. The number of aromatic nitrogens is 5. The van der Waals surface area contributed by atoms with E-state index in [2.05, 4.69) is 36.1 Å². The summed E-state index contributed by atoms with van der Waals surface area (Å²) >= 11 is 7.83. The van der Waals surface area contributed by atoms with Crippen LogP contribution in [0.1, 0.15) is 23.9 Å². The molecule has 8 heteroatoms. The molecule has 0 radical (unpaired) electrons. The zero-order valence-electron chi connectivity index (χ0n) is 13.8. The molecule has 0 spiro atoms. The molecule has 0 aromatic carbocycles. The SMILES string of the molecule is Clc1cnc2[nH]cc(-c3cc(N4CCCC4c4nccs4)cnn3)c2c1. The minimum Gasteiger partial charge on any atom is -0.361 e. The number of fused-ring (bicyclic) bond motifs is 1. The number of pyridine rings is 1. The highest BCUT2D eigenvalue weighted by molar-refractivity contribution is 7.09. The van der Waals surface area contributed by atoms with Crippen molar-refractivity contribution in [2.75, 3.05) is 11.4 Å². The first kappa shape index (κ1) is 15.7. The summed E-state index contributed by atoms with van der Waals surface area (Å²) in [6.45, 7) is 0.997. The average molecular weight is 383 g/mol. The standard InChI is InChI=1S/C18H15ClN6S/c19-11-6-13-14(10-22-17(13)21-8-11)15-7-12(9-23-24-15)25-4-1-2-16(25)18-20-3-5-26-18/h3,5-10,16H,1-2,4H2,(H,21,22). The molecule has 4 aromatic rings. The predicted molar refractivity (Wildman–Crippen MR) is 104 cm³/mol. The Morgan fingerprint density at radius 2 is 2.19 bits per heavy atom. The van der Waals surface area contributed by atoms with Crippen molar-refractivity contribution in [3.63, 3.8) is 0 Å². The van der Waals surface area contributed by atoms with Crippen molar-refractivity contribution in [3.8, 4) is 11.3 Å². The van der Waals surface area contributed by atoms with Gasteiger partial charge in [-0.1, -0.05) is 11.6 Å². The summed E-state index contributed by atoms with van der Waals surface area (Å²) < 4.78 is 0. The normalized spacial score (nSPS) is 17.3. The third-order valence-electron chi connectivity index (χ3n) is 4.73. The van der Waals surface area contributed by atoms with E-state index in [1.54, 1.807) is 17.5 Å². The number of hydrogen-bond acceptors (Lipinski definition) is 6. The summed E-state index contributed by atoms with van der Waals surface area (Å²) in [6, 6.07) is 4.30. The lowest BCUT2D eigenvalue weighted by atomic mass is 10.1. The fourth-order valence-corrected chi connectivity index (χ4v) is 4.51. The highest BCUT2D eigenvalue weighted by atomic mass is 35.5. The van der Waals surface area contributed by atoms with Crippen LogP contribution in [0.2, 0.25) is 5.02 Å². The molecule has 5 heterocycles. The van der Waals surface area contributed by atoms with Gasteiger partial charge < -0.3 is 9.88 Å². The maximum Gasteiger partial charge on any atom is 0.138 e. The Hall–Kier alpha value is -2.51. The second kappa shape index (κ2) is 6.34. The topological polar surface area (TPSA) is 70.6 Å². The van der Waals surface area contributed by atoms with Crippen LogP contribution in [0.3, 0.4) is 0 Å². The van der Waals surface area contributed by atoms with Crippen molar-refractivity contribution in [2.24, 2.45) is 0 Å². The number of hydrogen-bond donors (Lipinski definition) is 1. The lowest BCUT2D eigenvalue weighted by Crippen LogP contribution is -2.22. The molecule has 0 bridgehead atoms. The van der Waals surface area contributed by atoms with E-state index in [9.17, 15) is 0 Å². The van der Waals surface area contributed by atoms with E-state index in [0.29, 0.717) is 11.1 Å². The Labute approximate surface area is 158 Å². The zero-order valence-corrected chi connectivity index (χ0v) is 15.3. The van der Waals surface area contributed by atoms with Gasteiger partial charge in [0.2, 0.25) is 0 Å². The smallest absolute Gasteiger partial charge is 0.138 e. The number of thiazole rings is 1. The average Bonchev–Trinajstić information content (AvgIpc) is 3.40. The summed E-state index contributed by atoms with van der Waals surface area (Å²) in [5, 5.41) is 13.3. The number of rotatable bonds is 3. The van der Waals surface area contributed by atoms with Gasteiger partial charge in [0.25, 0.3) is 0 Å². The predicted octanol–water partition coefficient (Wildman–Crippen LogP) is 4.47. The fourth-order valence-electron chi connectivity index (χ4n) is 3.57. The van der Waals surface area contributed by atoms with E-state index in [1.165, 1.54) is 0 Å². The van der Waals surface area contributed by atoms with Crippen LogP contribution >= 0.6 is 22.9 Å². The summed E-state index contributed by atoms with van der Waals surface area (Å²) in [4.78, 5) is 14.4. The van der Waals surface area contributed by atoms with Crippen LogP contribution in [0, 0.1) is 0 Å². The molecule has 0 amide bonds. The fraction of sp³-hybridized carbons (Fsp3) is 0.222. The van der Waals surface area contributed by atoms with Gasteiger partial charge in [0.15, 0.2) is 0 Å². The highest BCUT2D eigenvalue weighted by Gasteiger charge is 2.28. The number of H-pyrrole nitrogens is 1. The molecule has 1 aliphatic heterocycles. The van der Waals surface area contributed by atoms with Crippen molar-refractivity contribution < 1.29 is 0 Å². The Bertz CT molecular complexity index is 1060. The minimum atomic E-state index is 0.311. The number of nitrogens with one attached hydrogen (secondary N) is 1. The van der Waals surface area contributed by atoms with Crippen LogP contribution in [0.15, 0.2) is 42.3 Å². The van der Waals surface area contributed by atoms with Crippen molar-refractivity contribution in [3.05, 3.63) is 52.3 Å². The third-order valence-corrected chi connectivity index (χ3v) is 5.82.